The van der Waals surface area contributed by atoms with Gasteiger partial charge in [0.2, 0.25) is 11.9 Å². The molecule has 0 atom stereocenters. The number of anilines is 3. The number of carbonyl (C=O) groups excluding carboxylic acids is 1. The predicted octanol–water partition coefficient (Wildman–Crippen LogP) is 5.82. The summed E-state index contributed by atoms with van der Waals surface area (Å²) >= 11 is 3.63. The Bertz CT molecular complexity index is 1290. The number of aromatic nitrogens is 2. The van der Waals surface area contributed by atoms with Crippen molar-refractivity contribution in [2.75, 3.05) is 44.0 Å². The van der Waals surface area contributed by atoms with E-state index < -0.39 is 5.41 Å². The van der Waals surface area contributed by atoms with Gasteiger partial charge in [0, 0.05) is 31.2 Å². The fourth-order valence-corrected chi connectivity index (χ4v) is 6.00. The maximum atomic E-state index is 12.5. The number of nitrogens with zero attached hydrogens (tertiary/aromatic N) is 3. The Morgan fingerprint density at radius 1 is 1.13 bits per heavy atom. The molecule has 2 aromatic carbocycles. The Labute approximate surface area is 233 Å². The molecule has 200 valence electrons. The predicted molar refractivity (Wildman–Crippen MR) is 155 cm³/mol. The van der Waals surface area contributed by atoms with Gasteiger partial charge in [0.05, 0.1) is 22.2 Å². The summed E-state index contributed by atoms with van der Waals surface area (Å²) in [6.45, 7) is 8.04. The zero-order chi connectivity index (χ0) is 26.7. The maximum Gasteiger partial charge on any atom is 0.234 e. The molecule has 8 heteroatoms. The normalized spacial score (nSPS) is 17.3. The Morgan fingerprint density at radius 2 is 1.89 bits per heavy atom. The molecule has 0 saturated carbocycles. The topological polar surface area (TPSA) is 79.4 Å². The van der Waals surface area contributed by atoms with Crippen molar-refractivity contribution in [3.63, 3.8) is 0 Å². The molecule has 0 spiro atoms. The zero-order valence-electron chi connectivity index (χ0n) is 22.4. The number of halogens is 1. The Kier molecular flexibility index (Phi) is 8.12. The molecule has 3 aromatic rings. The number of rotatable bonds is 9. The number of aryl methyl sites for hydroxylation is 2. The monoisotopic (exact) mass is 577 g/mol. The molecule has 0 aliphatic carbocycles. The average molecular weight is 579 g/mol. The summed E-state index contributed by atoms with van der Waals surface area (Å²) in [7, 11) is 1.76. The standard InChI is InChI=1S/C30H36BrN5O2/c1-30(2)27-22(5-4-6-26(27)34-28(30)37)9-12-25-24(31)19-32-29(35-25)33-23-10-7-20(8-11-23)21-13-15-36(16-14-21)17-18-38-3/h4-8,10-11,19,21H,9,12-18H2,1-3H3,(H,34,37)(H,32,33,35). The Morgan fingerprint density at radius 3 is 2.63 bits per heavy atom. The number of carbonyl (C=O) groups is 1. The Balaban J connectivity index is 1.22. The van der Waals surface area contributed by atoms with Gasteiger partial charge in [-0.3, -0.25) is 4.79 Å². The quantitative estimate of drug-likeness (QED) is 0.333. The van der Waals surface area contributed by atoms with Crippen LogP contribution in [-0.4, -0.2) is 54.1 Å². The van der Waals surface area contributed by atoms with Gasteiger partial charge in [0.1, 0.15) is 0 Å². The van der Waals surface area contributed by atoms with E-state index in [0.717, 1.165) is 66.2 Å². The van der Waals surface area contributed by atoms with E-state index in [-0.39, 0.29) is 5.91 Å². The molecule has 2 aliphatic heterocycles. The largest absolute Gasteiger partial charge is 0.383 e. The van der Waals surface area contributed by atoms with Gasteiger partial charge in [0.15, 0.2) is 0 Å². The van der Waals surface area contributed by atoms with Crippen LogP contribution in [0.15, 0.2) is 53.1 Å². The van der Waals surface area contributed by atoms with Crippen LogP contribution in [0.25, 0.3) is 0 Å². The molecule has 1 aromatic heterocycles. The molecule has 0 radical (unpaired) electrons. The lowest BCUT2D eigenvalue weighted by atomic mass is 9.82. The van der Waals surface area contributed by atoms with Crippen LogP contribution in [0.1, 0.15) is 55.0 Å². The fraction of sp³-hybridized carbons (Fsp3) is 0.433. The third-order valence-corrected chi connectivity index (χ3v) is 8.54. The highest BCUT2D eigenvalue weighted by molar-refractivity contribution is 9.10. The lowest BCUT2D eigenvalue weighted by Gasteiger charge is -2.32. The third kappa shape index (κ3) is 5.77. The van der Waals surface area contributed by atoms with Crippen LogP contribution < -0.4 is 10.6 Å². The number of hydrogen-bond acceptors (Lipinski definition) is 6. The third-order valence-electron chi connectivity index (χ3n) is 7.88. The van der Waals surface area contributed by atoms with Crippen molar-refractivity contribution in [2.45, 2.75) is 50.9 Å². The van der Waals surface area contributed by atoms with Gasteiger partial charge < -0.3 is 20.3 Å². The van der Waals surface area contributed by atoms with Crippen LogP contribution in [0.4, 0.5) is 17.3 Å². The molecular formula is C30H36BrN5O2. The molecule has 1 amide bonds. The first kappa shape index (κ1) is 26.8. The highest BCUT2D eigenvalue weighted by atomic mass is 79.9. The molecule has 1 saturated heterocycles. The number of hydrogen-bond donors (Lipinski definition) is 2. The van der Waals surface area contributed by atoms with Crippen LogP contribution in [0.5, 0.6) is 0 Å². The van der Waals surface area contributed by atoms with Gasteiger partial charge in [-0.1, -0.05) is 24.3 Å². The van der Waals surface area contributed by atoms with E-state index >= 15 is 0 Å². The SMILES string of the molecule is COCCN1CCC(c2ccc(Nc3ncc(Br)c(CCc4cccc5c4C(C)(C)C(=O)N5)n3)cc2)CC1. The number of methoxy groups -OCH3 is 1. The number of nitrogens with one attached hydrogen (secondary N) is 2. The number of piperidine rings is 1. The van der Waals surface area contributed by atoms with Crippen LogP contribution in [0.3, 0.4) is 0 Å². The second kappa shape index (κ2) is 11.5. The van der Waals surface area contributed by atoms with E-state index in [9.17, 15) is 4.79 Å². The van der Waals surface area contributed by atoms with Crippen LogP contribution in [-0.2, 0) is 27.8 Å². The smallest absolute Gasteiger partial charge is 0.234 e. The minimum atomic E-state index is -0.533. The summed E-state index contributed by atoms with van der Waals surface area (Å²) in [5, 5.41) is 6.39. The molecule has 7 nitrogen and oxygen atoms in total. The molecule has 5 rings (SSSR count). The molecule has 38 heavy (non-hydrogen) atoms. The van der Waals surface area contributed by atoms with E-state index in [0.29, 0.717) is 11.9 Å². The summed E-state index contributed by atoms with van der Waals surface area (Å²) in [5.41, 5.74) is 5.96. The molecule has 2 N–H and O–H groups in total. The van der Waals surface area contributed by atoms with Crippen LogP contribution in [0, 0.1) is 0 Å². The van der Waals surface area contributed by atoms with Crippen molar-refractivity contribution in [2.24, 2.45) is 0 Å². The fourth-order valence-electron chi connectivity index (χ4n) is 5.61. The highest BCUT2D eigenvalue weighted by Crippen LogP contribution is 2.40. The second-order valence-electron chi connectivity index (χ2n) is 10.8. The second-order valence-corrected chi connectivity index (χ2v) is 11.6. The minimum Gasteiger partial charge on any atom is -0.383 e. The van der Waals surface area contributed by atoms with Crippen molar-refractivity contribution >= 4 is 39.2 Å². The Hall–Kier alpha value is -2.81. The summed E-state index contributed by atoms with van der Waals surface area (Å²) in [6.07, 6.45) is 5.69. The molecule has 2 aliphatic rings. The van der Waals surface area contributed by atoms with Crippen LogP contribution >= 0.6 is 15.9 Å². The van der Waals surface area contributed by atoms with Gasteiger partial charge in [0.25, 0.3) is 0 Å². The summed E-state index contributed by atoms with van der Waals surface area (Å²) in [6, 6.07) is 14.8. The lowest BCUT2D eigenvalue weighted by molar-refractivity contribution is -0.119. The highest BCUT2D eigenvalue weighted by Gasteiger charge is 2.39. The van der Waals surface area contributed by atoms with E-state index in [1.54, 1.807) is 13.3 Å². The lowest BCUT2D eigenvalue weighted by Crippen LogP contribution is -2.35. The first-order chi connectivity index (χ1) is 18.3. The number of amides is 1. The van der Waals surface area contributed by atoms with Gasteiger partial charge in [-0.05, 0) is 109 Å². The number of ether oxygens (including phenoxy) is 1. The summed E-state index contributed by atoms with van der Waals surface area (Å²) in [4.78, 5) is 24.2. The van der Waals surface area contributed by atoms with Crippen molar-refractivity contribution in [3.8, 4) is 0 Å². The van der Waals surface area contributed by atoms with Gasteiger partial charge >= 0.3 is 0 Å². The summed E-state index contributed by atoms with van der Waals surface area (Å²) in [5.74, 6) is 1.24. The van der Waals surface area contributed by atoms with Crippen molar-refractivity contribution in [1.29, 1.82) is 0 Å². The van der Waals surface area contributed by atoms with Gasteiger partial charge in [-0.25, -0.2) is 9.97 Å². The average Bonchev–Trinajstić information content (AvgIpc) is 3.16. The first-order valence-electron chi connectivity index (χ1n) is 13.4. The molecule has 0 unspecified atom stereocenters. The number of benzene rings is 2. The molecular weight excluding hydrogens is 542 g/mol. The van der Waals surface area contributed by atoms with Crippen molar-refractivity contribution < 1.29 is 9.53 Å². The minimum absolute atomic E-state index is 0.0493. The van der Waals surface area contributed by atoms with Crippen molar-refractivity contribution in [1.82, 2.24) is 14.9 Å². The number of fused-ring (bicyclic) bond motifs is 1. The first-order valence-corrected chi connectivity index (χ1v) is 14.2. The zero-order valence-corrected chi connectivity index (χ0v) is 24.0. The number of likely N-dealkylation sites (tertiary alicyclic amines) is 1. The van der Waals surface area contributed by atoms with Gasteiger partial charge in [-0.2, -0.15) is 0 Å². The van der Waals surface area contributed by atoms with Crippen LogP contribution in [0.2, 0.25) is 0 Å². The molecule has 1 fully saturated rings. The van der Waals surface area contributed by atoms with E-state index in [4.69, 9.17) is 9.72 Å². The van der Waals surface area contributed by atoms with E-state index in [1.807, 2.05) is 26.0 Å². The summed E-state index contributed by atoms with van der Waals surface area (Å²) < 4.78 is 6.10. The van der Waals surface area contributed by atoms with E-state index in [2.05, 4.69) is 66.8 Å². The van der Waals surface area contributed by atoms with Gasteiger partial charge in [-0.15, -0.1) is 0 Å². The molecule has 0 bridgehead atoms. The maximum absolute atomic E-state index is 12.5. The molecule has 3 heterocycles. The van der Waals surface area contributed by atoms with Crippen molar-refractivity contribution in [3.05, 3.63) is 75.5 Å². The van der Waals surface area contributed by atoms with E-state index in [1.165, 1.54) is 24.0 Å².